The molecule has 0 N–H and O–H groups in total. The minimum atomic E-state index is -0.669. The lowest BCUT2D eigenvalue weighted by molar-refractivity contribution is -0.225. The Labute approximate surface area is 169 Å². The lowest BCUT2D eigenvalue weighted by atomic mass is 9.99. The zero-order valence-electron chi connectivity index (χ0n) is 16.6. The van der Waals surface area contributed by atoms with E-state index in [0.29, 0.717) is 43.9 Å². The van der Waals surface area contributed by atoms with Crippen molar-refractivity contribution in [3.8, 4) is 17.1 Å². The number of amides is 1. The molecule has 0 aliphatic carbocycles. The summed E-state index contributed by atoms with van der Waals surface area (Å²) in [7, 11) is 0. The Bertz CT molecular complexity index is 1040. The van der Waals surface area contributed by atoms with E-state index in [1.807, 2.05) is 55.1 Å². The number of fused-ring (bicyclic) bond motifs is 1. The van der Waals surface area contributed by atoms with Gasteiger partial charge in [-0.3, -0.25) is 4.79 Å². The highest BCUT2D eigenvalue weighted by molar-refractivity contribution is 5.95. The molecule has 6 heteroatoms. The highest BCUT2D eigenvalue weighted by Crippen LogP contribution is 2.39. The summed E-state index contributed by atoms with van der Waals surface area (Å²) in [6, 6.07) is 11.6. The number of rotatable bonds is 2. The Balaban J connectivity index is 1.28. The van der Waals surface area contributed by atoms with Gasteiger partial charge in [-0.15, -0.1) is 0 Å². The van der Waals surface area contributed by atoms with Crippen molar-refractivity contribution in [2.24, 2.45) is 0 Å². The second kappa shape index (κ2) is 6.81. The van der Waals surface area contributed by atoms with Crippen LogP contribution in [0.15, 0.2) is 51.5 Å². The van der Waals surface area contributed by atoms with Gasteiger partial charge in [0.05, 0.1) is 18.4 Å². The predicted molar refractivity (Wildman–Crippen MR) is 106 cm³/mol. The molecule has 0 unspecified atom stereocenters. The fraction of sp³-hybridized carbons (Fsp3) is 0.348. The lowest BCUT2D eigenvalue weighted by Gasteiger charge is -2.44. The van der Waals surface area contributed by atoms with Crippen LogP contribution in [0.5, 0.6) is 5.75 Å². The Morgan fingerprint density at radius 3 is 2.62 bits per heavy atom. The van der Waals surface area contributed by atoms with Crippen molar-refractivity contribution in [1.82, 2.24) is 4.90 Å². The SMILES string of the molecule is Cc1cc(C(=O)N2CCC3(CC2)OCc2cc(-c4ccco4)ccc2O3)c(C)o1. The van der Waals surface area contributed by atoms with Gasteiger partial charge in [-0.2, -0.15) is 0 Å². The number of ether oxygens (including phenoxy) is 2. The Morgan fingerprint density at radius 1 is 1.10 bits per heavy atom. The minimum absolute atomic E-state index is 0.00787. The van der Waals surface area contributed by atoms with Crippen molar-refractivity contribution >= 4 is 5.91 Å². The predicted octanol–water partition coefficient (Wildman–Crippen LogP) is 4.70. The van der Waals surface area contributed by atoms with Crippen LogP contribution in [0.4, 0.5) is 0 Å². The number of piperidine rings is 1. The van der Waals surface area contributed by atoms with E-state index in [9.17, 15) is 4.79 Å². The van der Waals surface area contributed by atoms with Gasteiger partial charge in [-0.25, -0.2) is 0 Å². The van der Waals surface area contributed by atoms with Crippen LogP contribution in [0, 0.1) is 13.8 Å². The van der Waals surface area contributed by atoms with Gasteiger partial charge in [0.2, 0.25) is 5.79 Å². The summed E-state index contributed by atoms with van der Waals surface area (Å²) >= 11 is 0. The molecule has 0 atom stereocenters. The van der Waals surface area contributed by atoms with E-state index >= 15 is 0 Å². The van der Waals surface area contributed by atoms with E-state index in [2.05, 4.69) is 0 Å². The summed E-state index contributed by atoms with van der Waals surface area (Å²) in [5, 5.41) is 0. The molecule has 150 valence electrons. The minimum Gasteiger partial charge on any atom is -0.466 e. The maximum atomic E-state index is 12.8. The molecule has 2 aromatic heterocycles. The van der Waals surface area contributed by atoms with Crippen LogP contribution in [0.1, 0.15) is 40.3 Å². The molecule has 2 aliphatic rings. The zero-order chi connectivity index (χ0) is 20.0. The van der Waals surface area contributed by atoms with Crippen molar-refractivity contribution in [3.63, 3.8) is 0 Å². The third-order valence-electron chi connectivity index (χ3n) is 5.74. The molecule has 1 saturated heterocycles. The number of likely N-dealkylation sites (tertiary alicyclic amines) is 1. The monoisotopic (exact) mass is 393 g/mol. The molecule has 6 nitrogen and oxygen atoms in total. The van der Waals surface area contributed by atoms with Crippen LogP contribution in [0.2, 0.25) is 0 Å². The largest absolute Gasteiger partial charge is 0.466 e. The molecule has 29 heavy (non-hydrogen) atoms. The smallest absolute Gasteiger partial charge is 0.257 e. The Morgan fingerprint density at radius 2 is 1.93 bits per heavy atom. The molecule has 3 aromatic rings. The normalized spacial score (nSPS) is 17.8. The van der Waals surface area contributed by atoms with Crippen molar-refractivity contribution < 1.29 is 23.1 Å². The van der Waals surface area contributed by atoms with Gasteiger partial charge in [0.25, 0.3) is 5.91 Å². The van der Waals surface area contributed by atoms with Crippen molar-refractivity contribution in [3.05, 3.63) is 65.3 Å². The quantitative estimate of drug-likeness (QED) is 0.632. The highest BCUT2D eigenvalue weighted by Gasteiger charge is 2.42. The second-order valence-corrected chi connectivity index (χ2v) is 7.72. The zero-order valence-corrected chi connectivity index (χ0v) is 16.6. The Hall–Kier alpha value is -2.99. The topological polar surface area (TPSA) is 65.1 Å². The van der Waals surface area contributed by atoms with E-state index in [1.165, 1.54) is 0 Å². The summed E-state index contributed by atoms with van der Waals surface area (Å²) in [6.45, 7) is 5.34. The summed E-state index contributed by atoms with van der Waals surface area (Å²) in [5.74, 6) is 2.42. The number of nitrogens with zero attached hydrogens (tertiary/aromatic N) is 1. The van der Waals surface area contributed by atoms with E-state index in [4.69, 9.17) is 18.3 Å². The van der Waals surface area contributed by atoms with Gasteiger partial charge in [0, 0.05) is 37.1 Å². The maximum absolute atomic E-state index is 12.8. The van der Waals surface area contributed by atoms with E-state index < -0.39 is 5.79 Å². The van der Waals surface area contributed by atoms with Crippen LogP contribution < -0.4 is 4.74 Å². The van der Waals surface area contributed by atoms with E-state index in [0.717, 1.165) is 28.4 Å². The molecule has 1 spiro atoms. The van der Waals surface area contributed by atoms with Crippen LogP contribution in [-0.4, -0.2) is 29.7 Å². The average molecular weight is 393 g/mol. The van der Waals surface area contributed by atoms with Gasteiger partial charge < -0.3 is 23.2 Å². The van der Waals surface area contributed by atoms with Gasteiger partial charge in [-0.1, -0.05) is 0 Å². The molecule has 1 fully saturated rings. The third-order valence-corrected chi connectivity index (χ3v) is 5.74. The molecule has 2 aliphatic heterocycles. The first-order chi connectivity index (χ1) is 14.0. The highest BCUT2D eigenvalue weighted by atomic mass is 16.7. The van der Waals surface area contributed by atoms with Crippen LogP contribution in [0.3, 0.4) is 0 Å². The molecule has 1 aromatic carbocycles. The lowest BCUT2D eigenvalue weighted by Crippen LogP contribution is -2.52. The maximum Gasteiger partial charge on any atom is 0.257 e. The molecular formula is C23H23NO5. The molecule has 0 bridgehead atoms. The molecule has 5 rings (SSSR count). The average Bonchev–Trinajstić information content (AvgIpc) is 3.37. The van der Waals surface area contributed by atoms with E-state index in [-0.39, 0.29) is 5.91 Å². The summed E-state index contributed by atoms with van der Waals surface area (Å²) in [5.41, 5.74) is 2.65. The molecule has 0 saturated carbocycles. The first-order valence-corrected chi connectivity index (χ1v) is 9.89. The summed E-state index contributed by atoms with van der Waals surface area (Å²) in [6.07, 6.45) is 2.93. The van der Waals surface area contributed by atoms with Gasteiger partial charge in [0.15, 0.2) is 0 Å². The number of carbonyl (C=O) groups is 1. The van der Waals surface area contributed by atoms with E-state index in [1.54, 1.807) is 6.26 Å². The standard InChI is InChI=1S/C23H23NO5/c1-15-12-19(16(2)28-15)22(25)24-9-7-23(8-10-24)27-14-18-13-17(5-6-21(18)29-23)20-4-3-11-26-20/h3-6,11-13H,7-10,14H2,1-2H3. The fourth-order valence-electron chi connectivity index (χ4n) is 4.14. The van der Waals surface area contributed by atoms with Crippen LogP contribution >= 0.6 is 0 Å². The Kier molecular flexibility index (Phi) is 4.24. The molecule has 4 heterocycles. The number of benzene rings is 1. The second-order valence-electron chi connectivity index (χ2n) is 7.72. The molecule has 0 radical (unpaired) electrons. The number of aryl methyl sites for hydroxylation is 2. The van der Waals surface area contributed by atoms with Crippen LogP contribution in [-0.2, 0) is 11.3 Å². The van der Waals surface area contributed by atoms with Crippen molar-refractivity contribution in [2.75, 3.05) is 13.1 Å². The number of furan rings is 2. The fourth-order valence-corrected chi connectivity index (χ4v) is 4.14. The number of carbonyl (C=O) groups excluding carboxylic acids is 1. The van der Waals surface area contributed by atoms with Crippen LogP contribution in [0.25, 0.3) is 11.3 Å². The first kappa shape index (κ1) is 18.1. The summed E-state index contributed by atoms with van der Waals surface area (Å²) < 4.78 is 23.4. The van der Waals surface area contributed by atoms with Gasteiger partial charge >= 0.3 is 0 Å². The number of hydrogen-bond acceptors (Lipinski definition) is 5. The van der Waals surface area contributed by atoms with Gasteiger partial charge in [-0.05, 0) is 50.2 Å². The van der Waals surface area contributed by atoms with Crippen molar-refractivity contribution in [1.29, 1.82) is 0 Å². The third kappa shape index (κ3) is 3.23. The molecular weight excluding hydrogens is 370 g/mol. The first-order valence-electron chi connectivity index (χ1n) is 9.89. The van der Waals surface area contributed by atoms with Crippen molar-refractivity contribution in [2.45, 2.75) is 39.1 Å². The molecule has 1 amide bonds. The number of hydrogen-bond donors (Lipinski definition) is 0. The summed E-state index contributed by atoms with van der Waals surface area (Å²) in [4.78, 5) is 14.7. The van der Waals surface area contributed by atoms with Gasteiger partial charge in [0.1, 0.15) is 23.0 Å².